The Hall–Kier alpha value is -1.30. The smallest absolute Gasteiger partial charge is 0.271 e. The van der Waals surface area contributed by atoms with Gasteiger partial charge in [-0.2, -0.15) is 0 Å². The third-order valence-electron chi connectivity index (χ3n) is 2.95. The number of aromatic nitrogens is 1. The molecule has 0 saturated carbocycles. The molecule has 5 nitrogen and oxygen atoms in total. The monoisotopic (exact) mass is 299 g/mol. The summed E-state index contributed by atoms with van der Waals surface area (Å²) in [5, 5.41) is 2.74. The van der Waals surface area contributed by atoms with Gasteiger partial charge in [0.25, 0.3) is 5.91 Å². The summed E-state index contributed by atoms with van der Waals surface area (Å²) in [6, 6.07) is 1.35. The van der Waals surface area contributed by atoms with Gasteiger partial charge >= 0.3 is 0 Å². The molecule has 0 aromatic carbocycles. The first-order chi connectivity index (χ1) is 8.00. The molecule has 0 spiro atoms. The van der Waals surface area contributed by atoms with Gasteiger partial charge in [0.2, 0.25) is 5.91 Å². The maximum absolute atomic E-state index is 12.3. The quantitative estimate of drug-likeness (QED) is 0.832. The van der Waals surface area contributed by atoms with Gasteiger partial charge in [-0.25, -0.2) is 0 Å². The van der Waals surface area contributed by atoms with Crippen LogP contribution in [-0.2, 0) is 11.8 Å². The molecule has 1 unspecified atom stereocenters. The summed E-state index contributed by atoms with van der Waals surface area (Å²) in [5.41, 5.74) is 0.582. The highest BCUT2D eigenvalue weighted by atomic mass is 79.9. The summed E-state index contributed by atoms with van der Waals surface area (Å²) in [7, 11) is 1.81. The fourth-order valence-corrected chi connectivity index (χ4v) is 2.47. The minimum Gasteiger partial charge on any atom is -0.353 e. The standard InChI is InChI=1S/C11H14BrN3O2/c1-7-10(16)13-3-4-15(7)11(17)9-5-8(12)6-14(9)2/h5-7H,3-4H2,1-2H3,(H,13,16). The molecule has 2 heterocycles. The predicted molar refractivity (Wildman–Crippen MR) is 66.6 cm³/mol. The van der Waals surface area contributed by atoms with Crippen molar-refractivity contribution in [3.8, 4) is 0 Å². The van der Waals surface area contributed by atoms with Crippen molar-refractivity contribution in [3.63, 3.8) is 0 Å². The molecule has 1 atom stereocenters. The van der Waals surface area contributed by atoms with Crippen LogP contribution < -0.4 is 5.32 Å². The topological polar surface area (TPSA) is 54.3 Å². The Labute approximate surface area is 108 Å². The number of piperazine rings is 1. The molecular formula is C11H14BrN3O2. The summed E-state index contributed by atoms with van der Waals surface area (Å²) >= 11 is 3.33. The molecule has 1 aliphatic heterocycles. The first-order valence-electron chi connectivity index (χ1n) is 5.41. The highest BCUT2D eigenvalue weighted by Crippen LogP contribution is 2.17. The van der Waals surface area contributed by atoms with E-state index in [1.165, 1.54) is 0 Å². The lowest BCUT2D eigenvalue weighted by molar-refractivity contribution is -0.127. The van der Waals surface area contributed by atoms with E-state index in [1.807, 2.05) is 13.2 Å². The molecule has 1 fully saturated rings. The summed E-state index contributed by atoms with van der Waals surface area (Å²) in [6.45, 7) is 2.80. The third-order valence-corrected chi connectivity index (χ3v) is 3.38. The minimum absolute atomic E-state index is 0.0992. The van der Waals surface area contributed by atoms with Gasteiger partial charge in [-0.3, -0.25) is 9.59 Å². The van der Waals surface area contributed by atoms with Crippen LogP contribution in [0.3, 0.4) is 0 Å². The lowest BCUT2D eigenvalue weighted by atomic mass is 10.2. The number of nitrogens with one attached hydrogen (secondary N) is 1. The molecule has 2 rings (SSSR count). The summed E-state index contributed by atoms with van der Waals surface area (Å²) in [6.07, 6.45) is 1.82. The Kier molecular flexibility index (Phi) is 3.24. The largest absolute Gasteiger partial charge is 0.353 e. The number of aryl methyl sites for hydroxylation is 1. The SMILES string of the molecule is CC1C(=O)NCCN1C(=O)c1cc(Br)cn1C. The number of carbonyl (C=O) groups excluding carboxylic acids is 2. The number of hydrogen-bond donors (Lipinski definition) is 1. The zero-order chi connectivity index (χ0) is 12.6. The molecular weight excluding hydrogens is 286 g/mol. The Morgan fingerprint density at radius 1 is 1.59 bits per heavy atom. The zero-order valence-electron chi connectivity index (χ0n) is 9.74. The van der Waals surface area contributed by atoms with Crippen LogP contribution in [0, 0.1) is 0 Å². The van der Waals surface area contributed by atoms with Crippen molar-refractivity contribution in [3.05, 3.63) is 22.4 Å². The molecule has 1 aromatic heterocycles. The predicted octanol–water partition coefficient (Wildman–Crippen LogP) is 0.748. The Bertz CT molecular complexity index is 469. The van der Waals surface area contributed by atoms with Crippen LogP contribution in [0.15, 0.2) is 16.7 Å². The van der Waals surface area contributed by atoms with Gasteiger partial charge in [0.05, 0.1) is 0 Å². The summed E-state index contributed by atoms with van der Waals surface area (Å²) in [4.78, 5) is 25.4. The maximum Gasteiger partial charge on any atom is 0.271 e. The molecule has 1 saturated heterocycles. The van der Waals surface area contributed by atoms with E-state index in [2.05, 4.69) is 21.2 Å². The molecule has 6 heteroatoms. The van der Waals surface area contributed by atoms with Gasteiger partial charge in [-0.1, -0.05) is 0 Å². The number of rotatable bonds is 1. The van der Waals surface area contributed by atoms with Crippen LogP contribution in [0.1, 0.15) is 17.4 Å². The molecule has 1 aliphatic rings. The molecule has 0 aliphatic carbocycles. The second-order valence-corrected chi connectivity index (χ2v) is 5.04. The van der Waals surface area contributed by atoms with E-state index in [0.29, 0.717) is 18.8 Å². The van der Waals surface area contributed by atoms with E-state index >= 15 is 0 Å². The summed E-state index contributed by atoms with van der Waals surface area (Å²) in [5.74, 6) is -0.210. The van der Waals surface area contributed by atoms with Gasteiger partial charge < -0.3 is 14.8 Å². The van der Waals surface area contributed by atoms with Crippen molar-refractivity contribution in [1.29, 1.82) is 0 Å². The van der Waals surface area contributed by atoms with E-state index in [-0.39, 0.29) is 11.8 Å². The van der Waals surface area contributed by atoms with Crippen molar-refractivity contribution in [1.82, 2.24) is 14.8 Å². The van der Waals surface area contributed by atoms with Crippen molar-refractivity contribution < 1.29 is 9.59 Å². The van der Waals surface area contributed by atoms with Gasteiger partial charge in [-0.05, 0) is 28.9 Å². The Balaban J connectivity index is 2.25. The molecule has 92 valence electrons. The van der Waals surface area contributed by atoms with E-state index in [0.717, 1.165) is 4.47 Å². The molecule has 0 radical (unpaired) electrons. The van der Waals surface area contributed by atoms with E-state index in [4.69, 9.17) is 0 Å². The number of carbonyl (C=O) groups is 2. The highest BCUT2D eigenvalue weighted by molar-refractivity contribution is 9.10. The fourth-order valence-electron chi connectivity index (χ4n) is 1.94. The molecule has 2 amide bonds. The first kappa shape index (κ1) is 12.2. The van der Waals surface area contributed by atoms with Crippen LogP contribution in [0.2, 0.25) is 0 Å². The van der Waals surface area contributed by atoms with E-state index in [1.54, 1.807) is 22.5 Å². The minimum atomic E-state index is -0.412. The molecule has 0 bridgehead atoms. The number of nitrogens with zero attached hydrogens (tertiary/aromatic N) is 2. The zero-order valence-corrected chi connectivity index (χ0v) is 11.3. The average molecular weight is 300 g/mol. The highest BCUT2D eigenvalue weighted by Gasteiger charge is 2.30. The maximum atomic E-state index is 12.3. The molecule has 17 heavy (non-hydrogen) atoms. The van der Waals surface area contributed by atoms with Gasteiger partial charge in [-0.15, -0.1) is 0 Å². The normalized spacial score (nSPS) is 20.3. The van der Waals surface area contributed by atoms with Gasteiger partial charge in [0.1, 0.15) is 11.7 Å². The van der Waals surface area contributed by atoms with Crippen LogP contribution in [-0.4, -0.2) is 40.4 Å². The van der Waals surface area contributed by atoms with Gasteiger partial charge in [0.15, 0.2) is 0 Å². The van der Waals surface area contributed by atoms with Crippen LogP contribution in [0.4, 0.5) is 0 Å². The summed E-state index contributed by atoms with van der Waals surface area (Å²) < 4.78 is 2.61. The second-order valence-electron chi connectivity index (χ2n) is 4.12. The third kappa shape index (κ3) is 2.22. The lowest BCUT2D eigenvalue weighted by Gasteiger charge is -2.32. The van der Waals surface area contributed by atoms with E-state index < -0.39 is 6.04 Å². The number of amides is 2. The van der Waals surface area contributed by atoms with Gasteiger partial charge in [0, 0.05) is 30.8 Å². The van der Waals surface area contributed by atoms with Crippen molar-refractivity contribution >= 4 is 27.7 Å². The van der Waals surface area contributed by atoms with Crippen molar-refractivity contribution in [2.75, 3.05) is 13.1 Å². The lowest BCUT2D eigenvalue weighted by Crippen LogP contribution is -2.56. The fraction of sp³-hybridized carbons (Fsp3) is 0.455. The van der Waals surface area contributed by atoms with Crippen LogP contribution in [0.25, 0.3) is 0 Å². The molecule has 1 N–H and O–H groups in total. The first-order valence-corrected chi connectivity index (χ1v) is 6.20. The Morgan fingerprint density at radius 2 is 2.29 bits per heavy atom. The molecule has 1 aromatic rings. The number of halogens is 1. The van der Waals surface area contributed by atoms with Crippen LogP contribution >= 0.6 is 15.9 Å². The second kappa shape index (κ2) is 4.52. The van der Waals surface area contributed by atoms with Crippen molar-refractivity contribution in [2.24, 2.45) is 7.05 Å². The number of hydrogen-bond acceptors (Lipinski definition) is 2. The van der Waals surface area contributed by atoms with E-state index in [9.17, 15) is 9.59 Å². The van der Waals surface area contributed by atoms with Crippen molar-refractivity contribution in [2.45, 2.75) is 13.0 Å². The van der Waals surface area contributed by atoms with Crippen LogP contribution in [0.5, 0.6) is 0 Å². The Morgan fingerprint density at radius 3 is 2.88 bits per heavy atom. The average Bonchev–Trinajstić information content (AvgIpc) is 2.61.